The zero-order valence-electron chi connectivity index (χ0n) is 11.7. The van der Waals surface area contributed by atoms with Crippen molar-refractivity contribution < 1.29 is 18.0 Å². The third-order valence-corrected chi connectivity index (χ3v) is 3.07. The third-order valence-electron chi connectivity index (χ3n) is 3.07. The summed E-state index contributed by atoms with van der Waals surface area (Å²) in [4.78, 5) is 11.8. The van der Waals surface area contributed by atoms with Gasteiger partial charge in [-0.15, -0.1) is 12.4 Å². The highest BCUT2D eigenvalue weighted by molar-refractivity contribution is 5.85. The molecule has 21 heavy (non-hydrogen) atoms. The molecular formula is C14H20ClF3N2O. The Balaban J connectivity index is 0.00000400. The van der Waals surface area contributed by atoms with E-state index in [-0.39, 0.29) is 31.3 Å². The Bertz CT molecular complexity index is 426. The van der Waals surface area contributed by atoms with E-state index >= 15 is 0 Å². The monoisotopic (exact) mass is 324 g/mol. The van der Waals surface area contributed by atoms with Crippen LogP contribution in [0.15, 0.2) is 30.3 Å². The second-order valence-corrected chi connectivity index (χ2v) is 4.73. The van der Waals surface area contributed by atoms with Gasteiger partial charge in [0.15, 0.2) is 0 Å². The Hall–Kier alpha value is -1.27. The number of rotatable bonds is 6. The minimum atomic E-state index is -4.18. The molecule has 2 unspecified atom stereocenters. The van der Waals surface area contributed by atoms with Crippen molar-refractivity contribution in [2.45, 2.75) is 32.0 Å². The number of nitrogens with one attached hydrogen (secondary N) is 1. The predicted molar refractivity (Wildman–Crippen MR) is 78.1 cm³/mol. The number of hydrogen-bond donors (Lipinski definition) is 2. The molecule has 1 aromatic carbocycles. The van der Waals surface area contributed by atoms with Crippen LogP contribution >= 0.6 is 12.4 Å². The number of amides is 1. The Labute approximate surface area is 128 Å². The summed E-state index contributed by atoms with van der Waals surface area (Å²) in [5.74, 6) is -0.827. The number of nitrogens with two attached hydrogens (primary N) is 1. The molecule has 1 aromatic rings. The van der Waals surface area contributed by atoms with Gasteiger partial charge in [0.1, 0.15) is 0 Å². The van der Waals surface area contributed by atoms with E-state index in [1.807, 2.05) is 30.3 Å². The number of carbonyl (C=O) groups excluding carboxylic acids is 1. The van der Waals surface area contributed by atoms with Crippen molar-refractivity contribution in [3.05, 3.63) is 35.9 Å². The zero-order chi connectivity index (χ0) is 15.2. The molecule has 0 bridgehead atoms. The molecule has 0 saturated heterocycles. The number of carbonyl (C=O) groups is 1. The maximum atomic E-state index is 12.0. The highest BCUT2D eigenvalue weighted by Gasteiger charge is 2.26. The largest absolute Gasteiger partial charge is 0.389 e. The smallest absolute Gasteiger partial charge is 0.356 e. The van der Waals surface area contributed by atoms with Crippen LogP contribution in [0.1, 0.15) is 31.4 Å². The first-order valence-corrected chi connectivity index (χ1v) is 6.46. The molecule has 1 rings (SSSR count). The minimum Gasteiger partial charge on any atom is -0.356 e. The number of alkyl halides is 3. The average Bonchev–Trinajstić information content (AvgIpc) is 2.41. The van der Waals surface area contributed by atoms with E-state index in [2.05, 4.69) is 5.32 Å². The van der Waals surface area contributed by atoms with Crippen LogP contribution in [0.3, 0.4) is 0 Å². The van der Waals surface area contributed by atoms with E-state index in [1.165, 1.54) is 0 Å². The lowest BCUT2D eigenvalue weighted by Gasteiger charge is -2.19. The maximum absolute atomic E-state index is 12.0. The van der Waals surface area contributed by atoms with Gasteiger partial charge in [0.05, 0.1) is 5.92 Å². The normalized spacial score (nSPS) is 14.0. The van der Waals surface area contributed by atoms with Gasteiger partial charge in [0.25, 0.3) is 0 Å². The van der Waals surface area contributed by atoms with Crippen molar-refractivity contribution in [1.29, 1.82) is 0 Å². The molecule has 0 aromatic heterocycles. The maximum Gasteiger partial charge on any atom is 0.389 e. The SMILES string of the molecule is CC(C(=O)NCCCC(F)(F)F)C(N)c1ccccc1.Cl. The number of benzene rings is 1. The van der Waals surface area contributed by atoms with Gasteiger partial charge in [-0.3, -0.25) is 4.79 Å². The van der Waals surface area contributed by atoms with Crippen LogP contribution in [0.4, 0.5) is 13.2 Å². The molecule has 0 saturated carbocycles. The Kier molecular flexibility index (Phi) is 8.36. The summed E-state index contributed by atoms with van der Waals surface area (Å²) in [7, 11) is 0. The van der Waals surface area contributed by atoms with Crippen molar-refractivity contribution in [2.75, 3.05) is 6.54 Å². The first-order valence-electron chi connectivity index (χ1n) is 6.46. The van der Waals surface area contributed by atoms with Crippen LogP contribution in [0.2, 0.25) is 0 Å². The third kappa shape index (κ3) is 7.34. The minimum absolute atomic E-state index is 0. The molecule has 0 heterocycles. The molecule has 0 spiro atoms. The summed E-state index contributed by atoms with van der Waals surface area (Å²) in [6.07, 6.45) is -5.20. The summed E-state index contributed by atoms with van der Waals surface area (Å²) in [6, 6.07) is 8.65. The van der Waals surface area contributed by atoms with Crippen LogP contribution in [-0.4, -0.2) is 18.6 Å². The molecule has 0 radical (unpaired) electrons. The van der Waals surface area contributed by atoms with Crippen LogP contribution in [0, 0.1) is 5.92 Å². The second-order valence-electron chi connectivity index (χ2n) is 4.73. The fourth-order valence-corrected chi connectivity index (χ4v) is 1.79. The molecule has 0 aliphatic carbocycles. The van der Waals surface area contributed by atoms with Crippen LogP contribution < -0.4 is 11.1 Å². The molecule has 120 valence electrons. The summed E-state index contributed by atoms with van der Waals surface area (Å²) in [5.41, 5.74) is 6.80. The highest BCUT2D eigenvalue weighted by atomic mass is 35.5. The lowest BCUT2D eigenvalue weighted by molar-refractivity contribution is -0.136. The topological polar surface area (TPSA) is 55.1 Å². The molecule has 3 nitrogen and oxygen atoms in total. The number of halogens is 4. The van der Waals surface area contributed by atoms with Gasteiger partial charge in [-0.1, -0.05) is 37.3 Å². The molecular weight excluding hydrogens is 305 g/mol. The molecule has 0 aliphatic rings. The van der Waals surface area contributed by atoms with Crippen molar-refractivity contribution in [3.8, 4) is 0 Å². The molecule has 0 fully saturated rings. The van der Waals surface area contributed by atoms with Crippen LogP contribution in [-0.2, 0) is 4.79 Å². The van der Waals surface area contributed by atoms with Crippen molar-refractivity contribution in [1.82, 2.24) is 5.32 Å². The van der Waals surface area contributed by atoms with Gasteiger partial charge in [0, 0.05) is 19.0 Å². The van der Waals surface area contributed by atoms with Crippen LogP contribution in [0.25, 0.3) is 0 Å². The van der Waals surface area contributed by atoms with Gasteiger partial charge in [-0.2, -0.15) is 13.2 Å². The van der Waals surface area contributed by atoms with E-state index in [0.29, 0.717) is 0 Å². The van der Waals surface area contributed by atoms with Crippen molar-refractivity contribution >= 4 is 18.3 Å². The summed E-state index contributed by atoms with van der Waals surface area (Å²) >= 11 is 0. The van der Waals surface area contributed by atoms with Crippen LogP contribution in [0.5, 0.6) is 0 Å². The summed E-state index contributed by atoms with van der Waals surface area (Å²) in [5, 5.41) is 2.49. The zero-order valence-corrected chi connectivity index (χ0v) is 12.5. The summed E-state index contributed by atoms with van der Waals surface area (Å²) < 4.78 is 35.9. The Morgan fingerprint density at radius 3 is 2.38 bits per heavy atom. The molecule has 7 heteroatoms. The Morgan fingerprint density at radius 1 is 1.29 bits per heavy atom. The number of hydrogen-bond acceptors (Lipinski definition) is 2. The molecule has 3 N–H and O–H groups in total. The van der Waals surface area contributed by atoms with Crippen molar-refractivity contribution in [3.63, 3.8) is 0 Å². The first-order chi connectivity index (χ1) is 9.31. The van der Waals surface area contributed by atoms with E-state index in [4.69, 9.17) is 5.73 Å². The lowest BCUT2D eigenvalue weighted by atomic mass is 9.94. The van der Waals surface area contributed by atoms with Gasteiger partial charge in [-0.05, 0) is 12.0 Å². The molecule has 1 amide bonds. The second kappa shape index (κ2) is 8.89. The predicted octanol–water partition coefficient (Wildman–Crippen LogP) is 3.20. The van der Waals surface area contributed by atoms with Gasteiger partial charge < -0.3 is 11.1 Å². The van der Waals surface area contributed by atoms with Gasteiger partial charge in [-0.25, -0.2) is 0 Å². The Morgan fingerprint density at radius 2 is 1.86 bits per heavy atom. The summed E-state index contributed by atoms with van der Waals surface area (Å²) in [6.45, 7) is 1.67. The van der Waals surface area contributed by atoms with Gasteiger partial charge >= 0.3 is 6.18 Å². The van der Waals surface area contributed by atoms with E-state index in [0.717, 1.165) is 5.56 Å². The van der Waals surface area contributed by atoms with E-state index < -0.39 is 24.6 Å². The fourth-order valence-electron chi connectivity index (χ4n) is 1.79. The van der Waals surface area contributed by atoms with Gasteiger partial charge in [0.2, 0.25) is 5.91 Å². The molecule has 0 aliphatic heterocycles. The van der Waals surface area contributed by atoms with E-state index in [9.17, 15) is 18.0 Å². The molecule has 2 atom stereocenters. The average molecular weight is 325 g/mol. The lowest BCUT2D eigenvalue weighted by Crippen LogP contribution is -2.36. The quantitative estimate of drug-likeness (QED) is 0.789. The fraction of sp³-hybridized carbons (Fsp3) is 0.500. The van der Waals surface area contributed by atoms with E-state index in [1.54, 1.807) is 6.92 Å². The van der Waals surface area contributed by atoms with Crippen molar-refractivity contribution in [2.24, 2.45) is 11.7 Å². The highest BCUT2D eigenvalue weighted by Crippen LogP contribution is 2.21. The first kappa shape index (κ1) is 19.7. The standard InChI is InChI=1S/C14H19F3N2O.ClH/c1-10(12(18)11-6-3-2-4-7-11)13(20)19-9-5-8-14(15,16)17;/h2-4,6-7,10,12H,5,8-9,18H2,1H3,(H,19,20);1H.